The van der Waals surface area contributed by atoms with Crippen LogP contribution < -0.4 is 16.0 Å². The molecule has 7 heteroatoms. The van der Waals surface area contributed by atoms with E-state index in [-0.39, 0.29) is 18.5 Å². The Morgan fingerprint density at radius 1 is 1.28 bits per heavy atom. The number of hydrogen-bond acceptors (Lipinski definition) is 5. The zero-order valence-corrected chi connectivity index (χ0v) is 14.2. The number of aliphatic imine (C=N–C) groups is 1. The minimum absolute atomic E-state index is 0.0314. The molecule has 0 saturated heterocycles. The van der Waals surface area contributed by atoms with Crippen LogP contribution in [-0.2, 0) is 4.79 Å². The van der Waals surface area contributed by atoms with Gasteiger partial charge in [-0.05, 0) is 37.8 Å². The second-order valence-electron chi connectivity index (χ2n) is 6.76. The van der Waals surface area contributed by atoms with Gasteiger partial charge in [0.2, 0.25) is 5.91 Å². The minimum Gasteiger partial charge on any atom is -0.372 e. The molecule has 4 rings (SSSR count). The van der Waals surface area contributed by atoms with Crippen LogP contribution in [0.2, 0.25) is 0 Å². The monoisotopic (exact) mass is 340 g/mol. The van der Waals surface area contributed by atoms with Gasteiger partial charge in [0.25, 0.3) is 0 Å². The number of aromatic nitrogens is 2. The Morgan fingerprint density at radius 3 is 2.84 bits per heavy atom. The fourth-order valence-electron chi connectivity index (χ4n) is 4.01. The number of carbonyl (C=O) groups excluding carboxylic acids is 1. The lowest BCUT2D eigenvalue weighted by Gasteiger charge is -2.31. The van der Waals surface area contributed by atoms with Crippen molar-refractivity contribution in [3.05, 3.63) is 24.5 Å². The summed E-state index contributed by atoms with van der Waals surface area (Å²) in [7, 11) is 0. The number of rotatable bonds is 4. The Labute approximate surface area is 146 Å². The summed E-state index contributed by atoms with van der Waals surface area (Å²) in [6, 6.07) is 3.80. The Kier molecular flexibility index (Phi) is 4.40. The fraction of sp³-hybridized carbons (Fsp3) is 0.500. The maximum atomic E-state index is 13.1. The topological polar surface area (TPSA) is 99.4 Å². The van der Waals surface area contributed by atoms with E-state index in [2.05, 4.69) is 20.3 Å². The molecule has 0 radical (unpaired) electrons. The number of aromatic amines is 1. The summed E-state index contributed by atoms with van der Waals surface area (Å²) >= 11 is 0. The normalized spacial score (nSPS) is 23.3. The number of amidine groups is 1. The average Bonchev–Trinajstić information content (AvgIpc) is 3.34. The van der Waals surface area contributed by atoms with Gasteiger partial charge < -0.3 is 16.0 Å². The highest BCUT2D eigenvalue weighted by atomic mass is 16.2. The molecule has 2 aromatic rings. The fourth-order valence-corrected chi connectivity index (χ4v) is 4.01. The second-order valence-corrected chi connectivity index (χ2v) is 6.76. The largest absolute Gasteiger partial charge is 0.372 e. The first-order valence-electron chi connectivity index (χ1n) is 8.99. The van der Waals surface area contributed by atoms with Gasteiger partial charge in [0.15, 0.2) is 0 Å². The quantitative estimate of drug-likeness (QED) is 0.736. The van der Waals surface area contributed by atoms with Crippen LogP contribution in [0.25, 0.3) is 11.0 Å². The van der Waals surface area contributed by atoms with Gasteiger partial charge in [-0.3, -0.25) is 14.7 Å². The van der Waals surface area contributed by atoms with Gasteiger partial charge in [-0.2, -0.15) is 0 Å². The number of nitrogens with one attached hydrogen (secondary N) is 2. The molecule has 1 aliphatic carbocycles. The van der Waals surface area contributed by atoms with E-state index in [4.69, 9.17) is 5.73 Å². The Morgan fingerprint density at radius 2 is 2.12 bits per heavy atom. The molecule has 0 atom stereocenters. The van der Waals surface area contributed by atoms with Crippen molar-refractivity contribution in [3.8, 4) is 0 Å². The number of amides is 1. The third-order valence-electron chi connectivity index (χ3n) is 5.34. The molecular weight excluding hydrogens is 316 g/mol. The molecule has 0 bridgehead atoms. The van der Waals surface area contributed by atoms with Gasteiger partial charge in [0.05, 0.1) is 24.7 Å². The van der Waals surface area contributed by atoms with E-state index in [1.807, 2.05) is 18.3 Å². The molecule has 1 saturated carbocycles. The van der Waals surface area contributed by atoms with E-state index in [1.165, 1.54) is 0 Å². The summed E-state index contributed by atoms with van der Waals surface area (Å²) in [5, 5.41) is 4.30. The summed E-state index contributed by atoms with van der Waals surface area (Å²) in [6.07, 6.45) is 7.35. The zero-order chi connectivity index (χ0) is 17.2. The van der Waals surface area contributed by atoms with Crippen molar-refractivity contribution in [2.45, 2.75) is 25.7 Å². The van der Waals surface area contributed by atoms with Crippen molar-refractivity contribution in [2.24, 2.45) is 22.6 Å². The number of fused-ring (bicyclic) bond motifs is 1. The van der Waals surface area contributed by atoms with Crippen molar-refractivity contribution >= 4 is 28.5 Å². The summed E-state index contributed by atoms with van der Waals surface area (Å²) in [6.45, 7) is 2.00. The van der Waals surface area contributed by atoms with Gasteiger partial charge in [-0.1, -0.05) is 0 Å². The third kappa shape index (κ3) is 3.00. The molecule has 132 valence electrons. The van der Waals surface area contributed by atoms with Crippen LogP contribution in [0.1, 0.15) is 25.7 Å². The second kappa shape index (κ2) is 6.84. The van der Waals surface area contributed by atoms with Gasteiger partial charge >= 0.3 is 0 Å². The summed E-state index contributed by atoms with van der Waals surface area (Å²) in [4.78, 5) is 26.7. The van der Waals surface area contributed by atoms with Crippen LogP contribution in [-0.4, -0.2) is 41.5 Å². The maximum Gasteiger partial charge on any atom is 0.231 e. The first kappa shape index (κ1) is 16.1. The van der Waals surface area contributed by atoms with Gasteiger partial charge in [-0.25, -0.2) is 4.98 Å². The van der Waals surface area contributed by atoms with Crippen molar-refractivity contribution in [1.29, 1.82) is 0 Å². The molecule has 7 nitrogen and oxygen atoms in total. The number of carbonyl (C=O) groups is 1. The highest BCUT2D eigenvalue weighted by Gasteiger charge is 2.32. The number of nitrogens with two attached hydrogens (primary N) is 1. The van der Waals surface area contributed by atoms with Crippen LogP contribution in [0.15, 0.2) is 29.5 Å². The van der Waals surface area contributed by atoms with E-state index in [1.54, 1.807) is 11.1 Å². The first-order chi connectivity index (χ1) is 12.3. The van der Waals surface area contributed by atoms with Gasteiger partial charge in [-0.15, -0.1) is 0 Å². The third-order valence-corrected chi connectivity index (χ3v) is 5.34. The number of pyridine rings is 1. The number of hydrogen-bond donors (Lipinski definition) is 3. The Hall–Kier alpha value is -2.41. The van der Waals surface area contributed by atoms with Crippen LogP contribution >= 0.6 is 0 Å². The number of anilines is 1. The molecule has 2 aromatic heterocycles. The lowest BCUT2D eigenvalue weighted by atomic mass is 9.80. The highest BCUT2D eigenvalue weighted by molar-refractivity contribution is 6.02. The molecule has 1 fully saturated rings. The van der Waals surface area contributed by atoms with Crippen molar-refractivity contribution in [3.63, 3.8) is 0 Å². The van der Waals surface area contributed by atoms with E-state index in [9.17, 15) is 4.79 Å². The Bertz CT molecular complexity index is 790. The van der Waals surface area contributed by atoms with E-state index in [0.29, 0.717) is 5.92 Å². The average molecular weight is 340 g/mol. The van der Waals surface area contributed by atoms with Gasteiger partial charge in [0.1, 0.15) is 5.65 Å². The summed E-state index contributed by atoms with van der Waals surface area (Å²) in [5.74, 6) is 1.78. The van der Waals surface area contributed by atoms with Crippen molar-refractivity contribution in [2.75, 3.05) is 24.7 Å². The predicted octanol–water partition coefficient (Wildman–Crippen LogP) is 1.62. The number of H-pyrrole nitrogens is 1. The lowest BCUT2D eigenvalue weighted by Crippen LogP contribution is -2.42. The highest BCUT2D eigenvalue weighted by Crippen LogP contribution is 2.33. The molecule has 3 heterocycles. The molecule has 0 aromatic carbocycles. The molecule has 1 aliphatic heterocycles. The van der Waals surface area contributed by atoms with Crippen molar-refractivity contribution in [1.82, 2.24) is 15.3 Å². The molecule has 2 aliphatic rings. The van der Waals surface area contributed by atoms with Crippen molar-refractivity contribution < 1.29 is 4.79 Å². The van der Waals surface area contributed by atoms with Gasteiger partial charge in [0, 0.05) is 36.2 Å². The first-order valence-corrected chi connectivity index (χ1v) is 8.99. The summed E-state index contributed by atoms with van der Waals surface area (Å²) in [5.41, 5.74) is 7.56. The van der Waals surface area contributed by atoms with Crippen LogP contribution in [0.3, 0.4) is 0 Å². The Balaban J connectivity index is 1.49. The number of nitrogens with zero attached hydrogens (tertiary/aromatic N) is 3. The minimum atomic E-state index is 0.0314. The molecular formula is C18H24N6O. The molecule has 4 N–H and O–H groups in total. The summed E-state index contributed by atoms with van der Waals surface area (Å²) < 4.78 is 0. The van der Waals surface area contributed by atoms with Crippen LogP contribution in [0, 0.1) is 11.8 Å². The maximum absolute atomic E-state index is 13.1. The van der Waals surface area contributed by atoms with Crippen LogP contribution in [0.4, 0.5) is 5.69 Å². The zero-order valence-electron chi connectivity index (χ0n) is 14.2. The van der Waals surface area contributed by atoms with Crippen LogP contribution in [0.5, 0.6) is 0 Å². The SMILES string of the molecule is NCN(c1ccnc2[nH]ccc12)C(=O)[C@H]1CC[C@H](C2=NCCN2)CC1. The standard InChI is InChI=1S/C18H24N6O/c19-11-24(15-6-8-21-17-14(15)5-7-20-17)18(25)13-3-1-12(2-4-13)16-22-9-10-23-16/h5-8,12-13H,1-4,9-11,19H2,(H,20,21)(H,22,23)/t12-,13-. The molecule has 0 spiro atoms. The van der Waals surface area contributed by atoms with E-state index < -0.39 is 0 Å². The lowest BCUT2D eigenvalue weighted by molar-refractivity contribution is -0.123. The predicted molar refractivity (Wildman–Crippen MR) is 98.4 cm³/mol. The molecule has 0 unspecified atom stereocenters. The molecule has 1 amide bonds. The molecule has 25 heavy (non-hydrogen) atoms. The van der Waals surface area contributed by atoms with E-state index in [0.717, 1.165) is 61.3 Å². The van der Waals surface area contributed by atoms with E-state index >= 15 is 0 Å². The smallest absolute Gasteiger partial charge is 0.231 e.